The van der Waals surface area contributed by atoms with Crippen molar-refractivity contribution >= 4 is 0 Å². The largest absolute Gasteiger partial charge is 0.505 e. The van der Waals surface area contributed by atoms with Crippen LogP contribution in [0.4, 0.5) is 4.39 Å². The standard InChI is InChI=1S/C14H12FNO/c15-12-8-10(4-6-13(12)17)11-5-3-9-2-1-7-16-14(9)11/h1-2,4,6-8,11,17H,3,5H2. The number of phenolic OH excluding ortho intramolecular Hbond substituents is 1. The molecule has 1 aromatic carbocycles. The second-order valence-electron chi connectivity index (χ2n) is 4.35. The molecule has 1 aromatic heterocycles. The molecule has 0 bridgehead atoms. The fourth-order valence-corrected chi connectivity index (χ4v) is 2.48. The number of benzene rings is 1. The Hall–Kier alpha value is -1.90. The number of fused-ring (bicyclic) bond motifs is 1. The van der Waals surface area contributed by atoms with Gasteiger partial charge in [0.2, 0.25) is 0 Å². The van der Waals surface area contributed by atoms with E-state index in [-0.39, 0.29) is 11.7 Å². The molecule has 3 heteroatoms. The Morgan fingerprint density at radius 1 is 1.29 bits per heavy atom. The first-order chi connectivity index (χ1) is 8.25. The van der Waals surface area contributed by atoms with Crippen LogP contribution in [0.25, 0.3) is 0 Å². The van der Waals surface area contributed by atoms with E-state index in [0.29, 0.717) is 0 Å². The predicted molar refractivity (Wildman–Crippen MR) is 62.5 cm³/mol. The van der Waals surface area contributed by atoms with Gasteiger partial charge in [0.1, 0.15) is 0 Å². The molecule has 2 nitrogen and oxygen atoms in total. The molecule has 0 spiro atoms. The molecular formula is C14H12FNO. The third kappa shape index (κ3) is 1.68. The summed E-state index contributed by atoms with van der Waals surface area (Å²) in [6.45, 7) is 0. The van der Waals surface area contributed by atoms with Gasteiger partial charge in [-0.25, -0.2) is 4.39 Å². The van der Waals surface area contributed by atoms with Crippen LogP contribution >= 0.6 is 0 Å². The quantitative estimate of drug-likeness (QED) is 0.815. The van der Waals surface area contributed by atoms with Crippen molar-refractivity contribution in [1.29, 1.82) is 0 Å². The highest BCUT2D eigenvalue weighted by atomic mass is 19.1. The van der Waals surface area contributed by atoms with Gasteiger partial charge in [0.25, 0.3) is 0 Å². The summed E-state index contributed by atoms with van der Waals surface area (Å²) in [4.78, 5) is 4.38. The fraction of sp³-hybridized carbons (Fsp3) is 0.214. The van der Waals surface area contributed by atoms with Crippen LogP contribution in [0.2, 0.25) is 0 Å². The number of hydrogen-bond acceptors (Lipinski definition) is 2. The minimum Gasteiger partial charge on any atom is -0.505 e. The van der Waals surface area contributed by atoms with Crippen molar-refractivity contribution in [3.63, 3.8) is 0 Å². The van der Waals surface area contributed by atoms with E-state index < -0.39 is 5.82 Å². The number of hydrogen-bond donors (Lipinski definition) is 1. The number of nitrogens with zero attached hydrogens (tertiary/aromatic N) is 1. The molecule has 1 aliphatic rings. The van der Waals surface area contributed by atoms with E-state index in [4.69, 9.17) is 0 Å². The molecule has 1 heterocycles. The Bertz CT molecular complexity index is 568. The summed E-state index contributed by atoms with van der Waals surface area (Å²) in [5, 5.41) is 9.19. The fourth-order valence-electron chi connectivity index (χ4n) is 2.48. The number of aromatic nitrogens is 1. The van der Waals surface area contributed by atoms with Crippen molar-refractivity contribution in [2.45, 2.75) is 18.8 Å². The monoisotopic (exact) mass is 229 g/mol. The van der Waals surface area contributed by atoms with Crippen LogP contribution in [-0.4, -0.2) is 10.1 Å². The van der Waals surface area contributed by atoms with E-state index >= 15 is 0 Å². The van der Waals surface area contributed by atoms with Crippen molar-refractivity contribution in [1.82, 2.24) is 4.98 Å². The van der Waals surface area contributed by atoms with Crippen molar-refractivity contribution in [2.24, 2.45) is 0 Å². The van der Waals surface area contributed by atoms with Crippen LogP contribution in [0.15, 0.2) is 36.5 Å². The lowest BCUT2D eigenvalue weighted by Gasteiger charge is -2.11. The predicted octanol–water partition coefficient (Wildman–Crippen LogP) is 3.00. The number of aryl methyl sites for hydroxylation is 1. The summed E-state index contributed by atoms with van der Waals surface area (Å²) >= 11 is 0. The molecule has 1 unspecified atom stereocenters. The van der Waals surface area contributed by atoms with Gasteiger partial charge in [-0.3, -0.25) is 4.98 Å². The third-order valence-corrected chi connectivity index (χ3v) is 3.33. The maximum absolute atomic E-state index is 13.3. The Labute approximate surface area is 98.8 Å². The molecule has 1 atom stereocenters. The Balaban J connectivity index is 2.04. The molecule has 1 aliphatic carbocycles. The number of phenols is 1. The lowest BCUT2D eigenvalue weighted by molar-refractivity contribution is 0.431. The summed E-state index contributed by atoms with van der Waals surface area (Å²) in [5.41, 5.74) is 3.17. The lowest BCUT2D eigenvalue weighted by Crippen LogP contribution is -1.99. The maximum Gasteiger partial charge on any atom is 0.165 e. The van der Waals surface area contributed by atoms with E-state index in [9.17, 15) is 9.50 Å². The van der Waals surface area contributed by atoms with Gasteiger partial charge in [0.05, 0.1) is 5.69 Å². The minimum atomic E-state index is -0.563. The second kappa shape index (κ2) is 3.84. The van der Waals surface area contributed by atoms with Crippen LogP contribution in [0, 0.1) is 5.82 Å². The van der Waals surface area contributed by atoms with Crippen molar-refractivity contribution in [2.75, 3.05) is 0 Å². The Kier molecular flexibility index (Phi) is 2.32. The summed E-state index contributed by atoms with van der Waals surface area (Å²) in [6, 6.07) is 8.58. The van der Waals surface area contributed by atoms with E-state index in [1.807, 2.05) is 6.07 Å². The topological polar surface area (TPSA) is 33.1 Å². The van der Waals surface area contributed by atoms with Gasteiger partial charge >= 0.3 is 0 Å². The molecule has 0 radical (unpaired) electrons. The second-order valence-corrected chi connectivity index (χ2v) is 4.35. The maximum atomic E-state index is 13.3. The molecule has 0 aliphatic heterocycles. The highest BCUT2D eigenvalue weighted by Gasteiger charge is 2.25. The Morgan fingerprint density at radius 3 is 3.00 bits per heavy atom. The molecule has 1 N–H and O–H groups in total. The van der Waals surface area contributed by atoms with Crippen LogP contribution in [0.1, 0.15) is 29.2 Å². The molecule has 17 heavy (non-hydrogen) atoms. The average molecular weight is 229 g/mol. The molecule has 0 fully saturated rings. The first-order valence-corrected chi connectivity index (χ1v) is 5.68. The normalized spacial score (nSPS) is 18.1. The van der Waals surface area contributed by atoms with E-state index in [1.165, 1.54) is 17.7 Å². The third-order valence-electron chi connectivity index (χ3n) is 3.33. The summed E-state index contributed by atoms with van der Waals surface area (Å²) in [5.74, 6) is -0.707. The zero-order valence-electron chi connectivity index (χ0n) is 9.23. The first kappa shape index (κ1) is 10.3. The van der Waals surface area contributed by atoms with Crippen molar-refractivity contribution < 1.29 is 9.50 Å². The molecule has 86 valence electrons. The van der Waals surface area contributed by atoms with Gasteiger partial charge in [-0.1, -0.05) is 12.1 Å². The van der Waals surface area contributed by atoms with E-state index in [1.54, 1.807) is 12.3 Å². The number of rotatable bonds is 1. The van der Waals surface area contributed by atoms with Crippen LogP contribution in [0.5, 0.6) is 5.75 Å². The van der Waals surface area contributed by atoms with Gasteiger partial charge in [-0.15, -0.1) is 0 Å². The smallest absolute Gasteiger partial charge is 0.165 e. The van der Waals surface area contributed by atoms with Gasteiger partial charge in [0.15, 0.2) is 11.6 Å². The first-order valence-electron chi connectivity index (χ1n) is 5.68. The molecule has 2 aromatic rings. The summed E-state index contributed by atoms with van der Waals surface area (Å²) in [6.07, 6.45) is 3.71. The van der Waals surface area contributed by atoms with Gasteiger partial charge in [-0.2, -0.15) is 0 Å². The SMILES string of the molecule is Oc1ccc(C2CCc3cccnc32)cc1F. The van der Waals surface area contributed by atoms with Gasteiger partial charge in [-0.05, 0) is 42.2 Å². The van der Waals surface area contributed by atoms with E-state index in [2.05, 4.69) is 11.1 Å². The minimum absolute atomic E-state index is 0.154. The zero-order chi connectivity index (χ0) is 11.8. The van der Waals surface area contributed by atoms with Gasteiger partial charge in [0, 0.05) is 12.1 Å². The zero-order valence-corrected chi connectivity index (χ0v) is 9.23. The summed E-state index contributed by atoms with van der Waals surface area (Å²) in [7, 11) is 0. The van der Waals surface area contributed by atoms with Crippen LogP contribution in [-0.2, 0) is 6.42 Å². The highest BCUT2D eigenvalue weighted by Crippen LogP contribution is 2.37. The Morgan fingerprint density at radius 2 is 2.18 bits per heavy atom. The van der Waals surface area contributed by atoms with E-state index in [0.717, 1.165) is 24.1 Å². The molecular weight excluding hydrogens is 217 g/mol. The molecule has 0 saturated heterocycles. The van der Waals surface area contributed by atoms with Crippen LogP contribution in [0.3, 0.4) is 0 Å². The highest BCUT2D eigenvalue weighted by molar-refractivity contribution is 5.40. The molecule has 0 saturated carbocycles. The molecule has 3 rings (SSSR count). The van der Waals surface area contributed by atoms with Crippen molar-refractivity contribution in [3.05, 3.63) is 59.2 Å². The summed E-state index contributed by atoms with van der Waals surface area (Å²) < 4.78 is 13.3. The molecule has 0 amide bonds. The number of aromatic hydroxyl groups is 1. The number of halogens is 1. The average Bonchev–Trinajstić information content (AvgIpc) is 2.76. The number of pyridine rings is 1. The van der Waals surface area contributed by atoms with Crippen LogP contribution < -0.4 is 0 Å². The van der Waals surface area contributed by atoms with Gasteiger partial charge < -0.3 is 5.11 Å². The van der Waals surface area contributed by atoms with Crippen molar-refractivity contribution in [3.8, 4) is 5.75 Å². The lowest BCUT2D eigenvalue weighted by atomic mass is 9.96.